The quantitative estimate of drug-likeness (QED) is 0.417. The maximum absolute atomic E-state index is 12.1. The van der Waals surface area contributed by atoms with Crippen molar-refractivity contribution in [3.05, 3.63) is 52.6 Å². The van der Waals surface area contributed by atoms with Crippen molar-refractivity contribution in [1.82, 2.24) is 9.97 Å². The summed E-state index contributed by atoms with van der Waals surface area (Å²) in [6, 6.07) is 8.73. The first-order valence-electron chi connectivity index (χ1n) is 8.46. The van der Waals surface area contributed by atoms with E-state index in [9.17, 15) is 9.59 Å². The van der Waals surface area contributed by atoms with E-state index in [4.69, 9.17) is 16.3 Å². The summed E-state index contributed by atoms with van der Waals surface area (Å²) in [4.78, 5) is 30.8. The Bertz CT molecular complexity index is 952. The van der Waals surface area contributed by atoms with Gasteiger partial charge >= 0.3 is 5.97 Å². The minimum atomic E-state index is -0.448. The molecule has 7 nitrogen and oxygen atoms in total. The zero-order chi connectivity index (χ0) is 19.9. The highest BCUT2D eigenvalue weighted by molar-refractivity contribution is 7.14. The zero-order valence-electron chi connectivity index (χ0n) is 15.0. The highest BCUT2D eigenvalue weighted by Gasteiger charge is 2.12. The molecule has 0 saturated heterocycles. The summed E-state index contributed by atoms with van der Waals surface area (Å²) in [6.45, 7) is 0.428. The van der Waals surface area contributed by atoms with E-state index in [0.717, 1.165) is 5.56 Å². The number of nitrogens with one attached hydrogen (secondary N) is 2. The molecule has 28 heavy (non-hydrogen) atoms. The second-order valence-corrected chi connectivity index (χ2v) is 7.08. The molecule has 0 aliphatic carbocycles. The van der Waals surface area contributed by atoms with Gasteiger partial charge in [0.05, 0.1) is 19.4 Å². The van der Waals surface area contributed by atoms with Crippen molar-refractivity contribution >= 4 is 39.9 Å². The van der Waals surface area contributed by atoms with Crippen molar-refractivity contribution in [2.45, 2.75) is 12.8 Å². The summed E-state index contributed by atoms with van der Waals surface area (Å²) < 4.78 is 10.2. The first-order chi connectivity index (χ1) is 13.5. The molecule has 3 aromatic rings. The first-order valence-corrected chi connectivity index (χ1v) is 9.72. The second-order valence-electron chi connectivity index (χ2n) is 5.79. The maximum Gasteiger partial charge on any atom is 0.354 e. The number of anilines is 1. The number of aromatic amines is 1. The van der Waals surface area contributed by atoms with Gasteiger partial charge in [0.25, 0.3) is 0 Å². The average molecular weight is 420 g/mol. The normalized spacial score (nSPS) is 10.5. The fourth-order valence-corrected chi connectivity index (χ4v) is 3.23. The summed E-state index contributed by atoms with van der Waals surface area (Å²) >= 11 is 7.14. The number of aromatic nitrogens is 2. The molecular weight excluding hydrogens is 402 g/mol. The van der Waals surface area contributed by atoms with Crippen LogP contribution in [0.3, 0.4) is 0 Å². The van der Waals surface area contributed by atoms with E-state index in [0.29, 0.717) is 46.7 Å². The van der Waals surface area contributed by atoms with Crippen LogP contribution in [0.5, 0.6) is 5.75 Å². The Kier molecular flexibility index (Phi) is 6.67. The molecule has 2 N–H and O–H groups in total. The van der Waals surface area contributed by atoms with Crippen LogP contribution in [0.15, 0.2) is 41.9 Å². The molecule has 1 aromatic carbocycles. The van der Waals surface area contributed by atoms with Gasteiger partial charge < -0.3 is 19.8 Å². The Labute approximate surface area is 170 Å². The zero-order valence-corrected chi connectivity index (χ0v) is 16.6. The lowest BCUT2D eigenvalue weighted by Gasteiger charge is -2.06. The van der Waals surface area contributed by atoms with Crippen LogP contribution in [-0.2, 0) is 9.53 Å². The molecule has 1 amide bonds. The van der Waals surface area contributed by atoms with E-state index in [1.807, 2.05) is 5.38 Å². The SMILES string of the molecule is COC(=O)c1cc(-c2csc(NC(=O)CCCOc3ccc(Cl)cc3)n2)c[nH]1. The fraction of sp³-hybridized carbons (Fsp3) is 0.211. The predicted molar refractivity (Wildman–Crippen MR) is 108 cm³/mol. The molecule has 0 unspecified atom stereocenters. The summed E-state index contributed by atoms with van der Waals surface area (Å²) in [6.07, 6.45) is 2.56. The molecule has 0 aliphatic heterocycles. The molecule has 9 heteroatoms. The number of amides is 1. The van der Waals surface area contributed by atoms with Gasteiger partial charge in [-0.3, -0.25) is 4.79 Å². The number of hydrogen-bond donors (Lipinski definition) is 2. The number of H-pyrrole nitrogens is 1. The van der Waals surface area contributed by atoms with E-state index in [-0.39, 0.29) is 5.91 Å². The number of nitrogens with zero attached hydrogens (tertiary/aromatic N) is 1. The van der Waals surface area contributed by atoms with Crippen LogP contribution < -0.4 is 10.1 Å². The van der Waals surface area contributed by atoms with E-state index in [1.54, 1.807) is 36.5 Å². The molecule has 0 saturated carbocycles. The Morgan fingerprint density at radius 2 is 2.07 bits per heavy atom. The lowest BCUT2D eigenvalue weighted by molar-refractivity contribution is -0.116. The summed E-state index contributed by atoms with van der Waals surface area (Å²) in [5.74, 6) is 0.132. The lowest BCUT2D eigenvalue weighted by Crippen LogP contribution is -2.12. The van der Waals surface area contributed by atoms with E-state index in [1.165, 1.54) is 18.4 Å². The molecule has 2 heterocycles. The van der Waals surface area contributed by atoms with Gasteiger partial charge in [0, 0.05) is 28.6 Å². The van der Waals surface area contributed by atoms with Crippen LogP contribution in [0.4, 0.5) is 5.13 Å². The number of carbonyl (C=O) groups is 2. The molecule has 0 spiro atoms. The van der Waals surface area contributed by atoms with Gasteiger partial charge in [0.2, 0.25) is 5.91 Å². The summed E-state index contributed by atoms with van der Waals surface area (Å²) in [5, 5.41) is 5.73. The number of esters is 1. The summed E-state index contributed by atoms with van der Waals surface area (Å²) in [5.41, 5.74) is 1.75. The lowest BCUT2D eigenvalue weighted by atomic mass is 10.2. The fourth-order valence-electron chi connectivity index (χ4n) is 2.37. The molecule has 2 aromatic heterocycles. The molecule has 0 radical (unpaired) electrons. The van der Waals surface area contributed by atoms with Crippen LogP contribution in [0.25, 0.3) is 11.3 Å². The van der Waals surface area contributed by atoms with Gasteiger partial charge in [0.1, 0.15) is 11.4 Å². The Hall–Kier alpha value is -2.84. The van der Waals surface area contributed by atoms with Crippen molar-refractivity contribution in [3.8, 4) is 17.0 Å². The molecule has 146 valence electrons. The number of halogens is 1. The van der Waals surface area contributed by atoms with Crippen molar-refractivity contribution < 1.29 is 19.1 Å². The van der Waals surface area contributed by atoms with Gasteiger partial charge in [0.15, 0.2) is 5.13 Å². The molecular formula is C19H18ClN3O4S. The number of methoxy groups -OCH3 is 1. The van der Waals surface area contributed by atoms with Gasteiger partial charge in [-0.05, 0) is 36.8 Å². The van der Waals surface area contributed by atoms with Crippen LogP contribution in [0, 0.1) is 0 Å². The smallest absolute Gasteiger partial charge is 0.354 e. The van der Waals surface area contributed by atoms with E-state index >= 15 is 0 Å². The van der Waals surface area contributed by atoms with E-state index in [2.05, 4.69) is 20.0 Å². The maximum atomic E-state index is 12.1. The largest absolute Gasteiger partial charge is 0.494 e. The van der Waals surface area contributed by atoms with Crippen LogP contribution in [0.1, 0.15) is 23.3 Å². The molecule has 0 bridgehead atoms. The van der Waals surface area contributed by atoms with E-state index < -0.39 is 5.97 Å². The van der Waals surface area contributed by atoms with Crippen LogP contribution >= 0.6 is 22.9 Å². The van der Waals surface area contributed by atoms with Gasteiger partial charge in [-0.1, -0.05) is 11.6 Å². The van der Waals surface area contributed by atoms with Gasteiger partial charge in [-0.25, -0.2) is 9.78 Å². The monoisotopic (exact) mass is 419 g/mol. The Morgan fingerprint density at radius 3 is 2.82 bits per heavy atom. The second kappa shape index (κ2) is 9.38. The average Bonchev–Trinajstić information content (AvgIpc) is 3.35. The van der Waals surface area contributed by atoms with Gasteiger partial charge in [-0.2, -0.15) is 0 Å². The highest BCUT2D eigenvalue weighted by Crippen LogP contribution is 2.26. The molecule has 0 aliphatic rings. The van der Waals surface area contributed by atoms with Crippen molar-refractivity contribution in [2.75, 3.05) is 19.0 Å². The van der Waals surface area contributed by atoms with Crippen LogP contribution in [-0.4, -0.2) is 35.6 Å². The first kappa shape index (κ1) is 19.9. The number of benzene rings is 1. The number of ether oxygens (including phenoxy) is 2. The third-order valence-electron chi connectivity index (χ3n) is 3.77. The Morgan fingerprint density at radius 1 is 1.29 bits per heavy atom. The molecule has 0 fully saturated rings. The topological polar surface area (TPSA) is 93.3 Å². The number of carbonyl (C=O) groups excluding carboxylic acids is 2. The van der Waals surface area contributed by atoms with Crippen LogP contribution in [0.2, 0.25) is 5.02 Å². The van der Waals surface area contributed by atoms with Crippen molar-refractivity contribution in [1.29, 1.82) is 0 Å². The number of thiazole rings is 1. The molecule has 0 atom stereocenters. The summed E-state index contributed by atoms with van der Waals surface area (Å²) in [7, 11) is 1.32. The number of rotatable bonds is 8. The molecule has 3 rings (SSSR count). The highest BCUT2D eigenvalue weighted by atomic mass is 35.5. The third-order valence-corrected chi connectivity index (χ3v) is 4.77. The standard InChI is InChI=1S/C19H18ClN3O4S/c1-26-18(25)15-9-12(10-21-15)16-11-28-19(22-16)23-17(24)3-2-8-27-14-6-4-13(20)5-7-14/h4-7,9-11,21H,2-3,8H2,1H3,(H,22,23,24). The predicted octanol–water partition coefficient (Wildman–Crippen LogP) is 4.38. The minimum Gasteiger partial charge on any atom is -0.494 e. The number of hydrogen-bond acceptors (Lipinski definition) is 6. The van der Waals surface area contributed by atoms with Crippen molar-refractivity contribution in [2.24, 2.45) is 0 Å². The third kappa shape index (κ3) is 5.34. The van der Waals surface area contributed by atoms with Gasteiger partial charge in [-0.15, -0.1) is 11.3 Å². The Balaban J connectivity index is 1.45. The van der Waals surface area contributed by atoms with Crippen molar-refractivity contribution in [3.63, 3.8) is 0 Å². The minimum absolute atomic E-state index is 0.134.